The molecule has 0 heterocycles. The molecule has 1 atom stereocenters. The average Bonchev–Trinajstić information content (AvgIpc) is 2.31. The number of benzene rings is 1. The molecule has 0 fully saturated rings. The zero-order chi connectivity index (χ0) is 14.6. The van der Waals surface area contributed by atoms with Crippen LogP contribution in [-0.2, 0) is 4.79 Å². The summed E-state index contributed by atoms with van der Waals surface area (Å²) in [5.41, 5.74) is 11.4. The standard InChI is InChI=1S/C13H18ClN3O2/c1-7(2)10(6-15)13(19)17-8-3-4-11(14)9(5-8)12(16)18/h3-5,7,10H,6,15H2,1-2H3,(H2,16,18)(H,17,19). The Hall–Kier alpha value is -1.59. The van der Waals surface area contributed by atoms with Gasteiger partial charge >= 0.3 is 0 Å². The lowest BCUT2D eigenvalue weighted by molar-refractivity contribution is -0.120. The number of amides is 2. The largest absolute Gasteiger partial charge is 0.366 e. The third-order valence-corrected chi connectivity index (χ3v) is 3.22. The van der Waals surface area contributed by atoms with Crippen LogP contribution in [0.15, 0.2) is 18.2 Å². The van der Waals surface area contributed by atoms with Crippen molar-refractivity contribution in [2.75, 3.05) is 11.9 Å². The molecule has 6 heteroatoms. The Morgan fingerprint density at radius 3 is 2.47 bits per heavy atom. The second-order valence-electron chi connectivity index (χ2n) is 4.63. The van der Waals surface area contributed by atoms with Crippen molar-refractivity contribution in [3.05, 3.63) is 28.8 Å². The molecule has 0 aliphatic carbocycles. The Morgan fingerprint density at radius 1 is 1.37 bits per heavy atom. The predicted octanol–water partition coefficient (Wildman–Crippen LogP) is 1.61. The van der Waals surface area contributed by atoms with Crippen LogP contribution >= 0.6 is 11.6 Å². The smallest absolute Gasteiger partial charge is 0.250 e. The fourth-order valence-corrected chi connectivity index (χ4v) is 1.92. The van der Waals surface area contributed by atoms with Crippen LogP contribution in [-0.4, -0.2) is 18.4 Å². The Morgan fingerprint density at radius 2 is 2.00 bits per heavy atom. The minimum Gasteiger partial charge on any atom is -0.366 e. The Balaban J connectivity index is 2.91. The van der Waals surface area contributed by atoms with Crippen LogP contribution in [0.4, 0.5) is 5.69 Å². The number of primary amides is 1. The van der Waals surface area contributed by atoms with E-state index in [4.69, 9.17) is 23.1 Å². The molecular formula is C13H18ClN3O2. The molecule has 19 heavy (non-hydrogen) atoms. The Bertz CT molecular complexity index is 489. The van der Waals surface area contributed by atoms with E-state index < -0.39 is 5.91 Å². The number of hydrogen-bond donors (Lipinski definition) is 3. The second-order valence-corrected chi connectivity index (χ2v) is 5.04. The van der Waals surface area contributed by atoms with Gasteiger partial charge in [0.25, 0.3) is 0 Å². The molecule has 0 saturated carbocycles. The zero-order valence-electron chi connectivity index (χ0n) is 10.9. The van der Waals surface area contributed by atoms with E-state index in [1.165, 1.54) is 12.1 Å². The number of hydrogen-bond acceptors (Lipinski definition) is 3. The molecule has 0 spiro atoms. The van der Waals surface area contributed by atoms with Gasteiger partial charge in [0.1, 0.15) is 0 Å². The highest BCUT2D eigenvalue weighted by Crippen LogP contribution is 2.21. The van der Waals surface area contributed by atoms with E-state index in [-0.39, 0.29) is 34.9 Å². The van der Waals surface area contributed by atoms with Gasteiger partial charge in [0.15, 0.2) is 0 Å². The average molecular weight is 284 g/mol. The van der Waals surface area contributed by atoms with Gasteiger partial charge in [0, 0.05) is 12.2 Å². The lowest BCUT2D eigenvalue weighted by atomic mass is 9.95. The van der Waals surface area contributed by atoms with E-state index in [1.807, 2.05) is 13.8 Å². The van der Waals surface area contributed by atoms with Gasteiger partial charge in [-0.05, 0) is 24.1 Å². The van der Waals surface area contributed by atoms with Crippen molar-refractivity contribution in [2.24, 2.45) is 23.3 Å². The fourth-order valence-electron chi connectivity index (χ4n) is 1.71. The summed E-state index contributed by atoms with van der Waals surface area (Å²) < 4.78 is 0. The molecular weight excluding hydrogens is 266 g/mol. The quantitative estimate of drug-likeness (QED) is 0.765. The number of carbonyl (C=O) groups is 2. The summed E-state index contributed by atoms with van der Waals surface area (Å²) in [7, 11) is 0. The van der Waals surface area contributed by atoms with E-state index in [0.29, 0.717) is 5.69 Å². The van der Waals surface area contributed by atoms with Crippen molar-refractivity contribution >= 4 is 29.1 Å². The zero-order valence-corrected chi connectivity index (χ0v) is 11.7. The second kappa shape index (κ2) is 6.54. The molecule has 1 aromatic rings. The van der Waals surface area contributed by atoms with Crippen LogP contribution in [0.25, 0.3) is 0 Å². The SMILES string of the molecule is CC(C)C(CN)C(=O)Nc1ccc(Cl)c(C(N)=O)c1. The van der Waals surface area contributed by atoms with Gasteiger partial charge in [-0.3, -0.25) is 9.59 Å². The third kappa shape index (κ3) is 3.94. The molecule has 0 radical (unpaired) electrons. The predicted molar refractivity (Wildman–Crippen MR) is 76.0 cm³/mol. The molecule has 0 saturated heterocycles. The first-order valence-electron chi connectivity index (χ1n) is 5.97. The normalized spacial score (nSPS) is 12.3. The molecule has 0 bridgehead atoms. The highest BCUT2D eigenvalue weighted by atomic mass is 35.5. The Labute approximate surface area is 117 Å². The third-order valence-electron chi connectivity index (χ3n) is 2.89. The number of rotatable bonds is 5. The monoisotopic (exact) mass is 283 g/mol. The van der Waals surface area contributed by atoms with Crippen LogP contribution in [0, 0.1) is 11.8 Å². The van der Waals surface area contributed by atoms with Gasteiger partial charge in [-0.1, -0.05) is 25.4 Å². The summed E-state index contributed by atoms with van der Waals surface area (Å²) in [4.78, 5) is 23.2. The van der Waals surface area contributed by atoms with E-state index in [0.717, 1.165) is 0 Å². The Kier molecular flexibility index (Phi) is 5.32. The van der Waals surface area contributed by atoms with Gasteiger partial charge in [-0.15, -0.1) is 0 Å². The van der Waals surface area contributed by atoms with Crippen LogP contribution < -0.4 is 16.8 Å². The van der Waals surface area contributed by atoms with Gasteiger partial charge in [-0.2, -0.15) is 0 Å². The summed E-state index contributed by atoms with van der Waals surface area (Å²) >= 11 is 5.83. The van der Waals surface area contributed by atoms with Crippen LogP contribution in [0.5, 0.6) is 0 Å². The highest BCUT2D eigenvalue weighted by molar-refractivity contribution is 6.34. The molecule has 0 aliphatic heterocycles. The number of nitrogens with one attached hydrogen (secondary N) is 1. The summed E-state index contributed by atoms with van der Waals surface area (Å²) in [6.45, 7) is 4.11. The van der Waals surface area contributed by atoms with Crippen molar-refractivity contribution in [1.29, 1.82) is 0 Å². The number of anilines is 1. The van der Waals surface area contributed by atoms with Crippen molar-refractivity contribution < 1.29 is 9.59 Å². The van der Waals surface area contributed by atoms with Gasteiger partial charge in [0.05, 0.1) is 16.5 Å². The van der Waals surface area contributed by atoms with Crippen LogP contribution in [0.2, 0.25) is 5.02 Å². The summed E-state index contributed by atoms with van der Waals surface area (Å²) in [6, 6.07) is 4.58. The molecule has 2 amide bonds. The fraction of sp³-hybridized carbons (Fsp3) is 0.385. The maximum Gasteiger partial charge on any atom is 0.250 e. The first kappa shape index (κ1) is 15.5. The van der Waals surface area contributed by atoms with Crippen molar-refractivity contribution in [1.82, 2.24) is 0 Å². The van der Waals surface area contributed by atoms with Gasteiger partial charge in [-0.25, -0.2) is 0 Å². The molecule has 5 N–H and O–H groups in total. The van der Waals surface area contributed by atoms with Gasteiger partial charge < -0.3 is 16.8 Å². The summed E-state index contributed by atoms with van der Waals surface area (Å²) in [5.74, 6) is -0.976. The van der Waals surface area contributed by atoms with Gasteiger partial charge in [0.2, 0.25) is 11.8 Å². The maximum absolute atomic E-state index is 12.0. The summed E-state index contributed by atoms with van der Waals surface area (Å²) in [5, 5.41) is 2.97. The minimum absolute atomic E-state index is 0.132. The topological polar surface area (TPSA) is 98.2 Å². The number of carbonyl (C=O) groups excluding carboxylic acids is 2. The van der Waals surface area contributed by atoms with Crippen LogP contribution in [0.3, 0.4) is 0 Å². The first-order chi connectivity index (χ1) is 8.86. The van der Waals surface area contributed by atoms with E-state index in [9.17, 15) is 9.59 Å². The molecule has 5 nitrogen and oxygen atoms in total. The number of halogens is 1. The first-order valence-corrected chi connectivity index (χ1v) is 6.35. The molecule has 1 unspecified atom stereocenters. The highest BCUT2D eigenvalue weighted by Gasteiger charge is 2.20. The maximum atomic E-state index is 12.0. The minimum atomic E-state index is -0.639. The number of nitrogens with two attached hydrogens (primary N) is 2. The van der Waals surface area contributed by atoms with Crippen LogP contribution in [0.1, 0.15) is 24.2 Å². The van der Waals surface area contributed by atoms with Crippen molar-refractivity contribution in [3.63, 3.8) is 0 Å². The molecule has 1 rings (SSSR count). The molecule has 1 aromatic carbocycles. The lowest BCUT2D eigenvalue weighted by Crippen LogP contribution is -2.33. The lowest BCUT2D eigenvalue weighted by Gasteiger charge is -2.18. The molecule has 0 aromatic heterocycles. The van der Waals surface area contributed by atoms with Crippen molar-refractivity contribution in [2.45, 2.75) is 13.8 Å². The summed E-state index contributed by atoms with van der Waals surface area (Å²) in [6.07, 6.45) is 0. The van der Waals surface area contributed by atoms with E-state index in [2.05, 4.69) is 5.32 Å². The molecule has 0 aliphatic rings. The molecule has 104 valence electrons. The van der Waals surface area contributed by atoms with E-state index in [1.54, 1.807) is 6.07 Å². The van der Waals surface area contributed by atoms with Crippen molar-refractivity contribution in [3.8, 4) is 0 Å². The van der Waals surface area contributed by atoms with E-state index >= 15 is 0 Å².